The molecule has 2 aromatic carbocycles. The van der Waals surface area contributed by atoms with Crippen LogP contribution in [-0.4, -0.2) is 29.3 Å². The zero-order chi connectivity index (χ0) is 18.7. The molecule has 1 aliphatic rings. The zero-order valence-corrected chi connectivity index (χ0v) is 15.4. The number of hydrogen-bond donors (Lipinski definition) is 1. The molecule has 0 bridgehead atoms. The van der Waals surface area contributed by atoms with Crippen molar-refractivity contribution in [3.05, 3.63) is 69.7 Å². The topological polar surface area (TPSA) is 49.4 Å². The molecule has 2 aromatic rings. The van der Waals surface area contributed by atoms with Crippen LogP contribution in [0, 0.1) is 11.6 Å². The van der Waals surface area contributed by atoms with Crippen LogP contribution in [-0.2, 0) is 11.3 Å². The predicted molar refractivity (Wildman–Crippen MR) is 96.4 cm³/mol. The zero-order valence-electron chi connectivity index (χ0n) is 13.8. The molecule has 7 heteroatoms. The molecule has 0 aliphatic carbocycles. The van der Waals surface area contributed by atoms with E-state index in [9.17, 15) is 18.4 Å². The van der Waals surface area contributed by atoms with E-state index < -0.39 is 17.7 Å². The van der Waals surface area contributed by atoms with Gasteiger partial charge in [0.05, 0.1) is 0 Å². The van der Waals surface area contributed by atoms with Crippen molar-refractivity contribution in [1.82, 2.24) is 10.2 Å². The number of benzene rings is 2. The summed E-state index contributed by atoms with van der Waals surface area (Å²) >= 11 is 3.32. The Kier molecular flexibility index (Phi) is 5.66. The molecule has 4 nitrogen and oxygen atoms in total. The van der Waals surface area contributed by atoms with Crippen LogP contribution >= 0.6 is 15.9 Å². The largest absolute Gasteiger partial charge is 0.350 e. The Morgan fingerprint density at radius 2 is 1.77 bits per heavy atom. The van der Waals surface area contributed by atoms with Crippen molar-refractivity contribution in [3.8, 4) is 0 Å². The molecule has 2 amide bonds. The van der Waals surface area contributed by atoms with Gasteiger partial charge in [0.25, 0.3) is 5.91 Å². The van der Waals surface area contributed by atoms with Gasteiger partial charge in [0.2, 0.25) is 5.91 Å². The number of nitrogens with zero attached hydrogens (tertiary/aromatic N) is 1. The summed E-state index contributed by atoms with van der Waals surface area (Å²) in [5, 5.41) is 2.67. The molecule has 0 saturated carbocycles. The predicted octanol–water partition coefficient (Wildman–Crippen LogP) is 3.65. The molecular formula is C19H17BrF2N2O2. The van der Waals surface area contributed by atoms with Crippen molar-refractivity contribution in [2.45, 2.75) is 25.4 Å². The van der Waals surface area contributed by atoms with Gasteiger partial charge in [0.1, 0.15) is 17.7 Å². The summed E-state index contributed by atoms with van der Waals surface area (Å²) < 4.78 is 27.3. The van der Waals surface area contributed by atoms with E-state index >= 15 is 0 Å². The molecule has 1 fully saturated rings. The van der Waals surface area contributed by atoms with Crippen molar-refractivity contribution >= 4 is 27.7 Å². The first kappa shape index (κ1) is 18.5. The second-order valence-corrected chi connectivity index (χ2v) is 7.07. The Bertz CT molecular complexity index is 807. The van der Waals surface area contributed by atoms with Gasteiger partial charge in [-0.05, 0) is 54.8 Å². The molecule has 1 unspecified atom stereocenters. The van der Waals surface area contributed by atoms with E-state index in [1.54, 1.807) is 29.2 Å². The summed E-state index contributed by atoms with van der Waals surface area (Å²) in [4.78, 5) is 26.7. The summed E-state index contributed by atoms with van der Waals surface area (Å²) in [6.45, 7) is 0.506. The van der Waals surface area contributed by atoms with Crippen LogP contribution in [0.15, 0.2) is 46.9 Å². The average Bonchev–Trinajstić information content (AvgIpc) is 3.08. The smallest absolute Gasteiger partial charge is 0.254 e. The fraction of sp³-hybridized carbons (Fsp3) is 0.263. The first-order valence-electron chi connectivity index (χ1n) is 8.23. The van der Waals surface area contributed by atoms with E-state index in [2.05, 4.69) is 21.2 Å². The fourth-order valence-corrected chi connectivity index (χ4v) is 3.32. The van der Waals surface area contributed by atoms with Crippen LogP contribution in [0.1, 0.15) is 28.8 Å². The lowest BCUT2D eigenvalue weighted by atomic mass is 10.1. The number of halogens is 3. The van der Waals surface area contributed by atoms with Crippen molar-refractivity contribution in [3.63, 3.8) is 0 Å². The Morgan fingerprint density at radius 3 is 2.42 bits per heavy atom. The number of likely N-dealkylation sites (tertiary alicyclic amines) is 1. The summed E-state index contributed by atoms with van der Waals surface area (Å²) in [5.74, 6) is -1.91. The van der Waals surface area contributed by atoms with Gasteiger partial charge in [-0.25, -0.2) is 8.78 Å². The molecule has 136 valence electrons. The lowest BCUT2D eigenvalue weighted by Gasteiger charge is -2.24. The van der Waals surface area contributed by atoms with Gasteiger partial charge in [-0.15, -0.1) is 0 Å². The maximum Gasteiger partial charge on any atom is 0.254 e. The first-order chi connectivity index (χ1) is 12.4. The van der Waals surface area contributed by atoms with E-state index in [1.807, 2.05) is 0 Å². The second kappa shape index (κ2) is 7.95. The molecule has 1 N–H and O–H groups in total. The highest BCUT2D eigenvalue weighted by molar-refractivity contribution is 9.10. The van der Waals surface area contributed by atoms with Crippen molar-refractivity contribution < 1.29 is 18.4 Å². The van der Waals surface area contributed by atoms with Gasteiger partial charge in [-0.2, -0.15) is 0 Å². The molecular weight excluding hydrogens is 406 g/mol. The minimum atomic E-state index is -0.692. The van der Waals surface area contributed by atoms with Crippen LogP contribution in [0.25, 0.3) is 0 Å². The number of rotatable bonds is 4. The summed E-state index contributed by atoms with van der Waals surface area (Å²) in [5.41, 5.74) is 0.847. The van der Waals surface area contributed by atoms with Gasteiger partial charge in [0.15, 0.2) is 0 Å². The van der Waals surface area contributed by atoms with Gasteiger partial charge in [-0.3, -0.25) is 9.59 Å². The minimum absolute atomic E-state index is 0.00429. The van der Waals surface area contributed by atoms with Gasteiger partial charge < -0.3 is 10.2 Å². The van der Waals surface area contributed by atoms with Crippen LogP contribution in [0.5, 0.6) is 0 Å². The third-order valence-electron chi connectivity index (χ3n) is 4.30. The number of amides is 2. The van der Waals surface area contributed by atoms with Gasteiger partial charge >= 0.3 is 0 Å². The van der Waals surface area contributed by atoms with E-state index in [-0.39, 0.29) is 18.4 Å². The molecule has 1 atom stereocenters. The van der Waals surface area contributed by atoms with Gasteiger partial charge in [-0.1, -0.05) is 15.9 Å². The van der Waals surface area contributed by atoms with Crippen molar-refractivity contribution in [1.29, 1.82) is 0 Å². The quantitative estimate of drug-likeness (QED) is 0.817. The van der Waals surface area contributed by atoms with E-state index in [4.69, 9.17) is 0 Å². The third-order valence-corrected chi connectivity index (χ3v) is 4.83. The molecule has 0 aromatic heterocycles. The molecule has 26 heavy (non-hydrogen) atoms. The maximum atomic E-state index is 13.2. The number of hydrogen-bond acceptors (Lipinski definition) is 2. The Morgan fingerprint density at radius 1 is 1.12 bits per heavy atom. The molecule has 0 radical (unpaired) electrons. The SMILES string of the molecule is O=C(NCc1cc(F)cc(F)c1)C1CCCN1C(=O)c1ccc(Br)cc1. The highest BCUT2D eigenvalue weighted by Crippen LogP contribution is 2.21. The number of nitrogens with one attached hydrogen (secondary N) is 1. The second-order valence-electron chi connectivity index (χ2n) is 6.16. The lowest BCUT2D eigenvalue weighted by molar-refractivity contribution is -0.125. The van der Waals surface area contributed by atoms with Crippen molar-refractivity contribution in [2.75, 3.05) is 6.54 Å². The lowest BCUT2D eigenvalue weighted by Crippen LogP contribution is -2.45. The molecule has 1 saturated heterocycles. The average molecular weight is 423 g/mol. The Balaban J connectivity index is 1.66. The first-order valence-corrected chi connectivity index (χ1v) is 9.02. The molecule has 3 rings (SSSR count). The monoisotopic (exact) mass is 422 g/mol. The van der Waals surface area contributed by atoms with Crippen LogP contribution in [0.4, 0.5) is 8.78 Å². The Hall–Kier alpha value is -2.28. The number of carbonyl (C=O) groups is 2. The van der Waals surface area contributed by atoms with Crippen molar-refractivity contribution in [2.24, 2.45) is 0 Å². The summed E-state index contributed by atoms with van der Waals surface area (Å²) in [7, 11) is 0. The Labute approximate surface area is 158 Å². The fourth-order valence-electron chi connectivity index (χ4n) is 3.06. The molecule has 0 spiro atoms. The van der Waals surface area contributed by atoms with E-state index in [0.717, 1.165) is 17.0 Å². The maximum absolute atomic E-state index is 13.2. The summed E-state index contributed by atoms with van der Waals surface area (Å²) in [6.07, 6.45) is 1.29. The van der Waals surface area contributed by atoms with E-state index in [0.29, 0.717) is 24.1 Å². The highest BCUT2D eigenvalue weighted by atomic mass is 79.9. The molecule has 1 aliphatic heterocycles. The number of carbonyl (C=O) groups excluding carboxylic acids is 2. The highest BCUT2D eigenvalue weighted by Gasteiger charge is 2.34. The minimum Gasteiger partial charge on any atom is -0.350 e. The van der Waals surface area contributed by atoms with E-state index in [1.165, 1.54) is 12.1 Å². The van der Waals surface area contributed by atoms with Crippen LogP contribution < -0.4 is 5.32 Å². The normalized spacial score (nSPS) is 16.6. The third kappa shape index (κ3) is 4.27. The standard InChI is InChI=1S/C19H17BrF2N2O2/c20-14-5-3-13(4-6-14)19(26)24-7-1-2-17(24)18(25)23-11-12-8-15(21)10-16(22)9-12/h3-6,8-10,17H,1-2,7,11H2,(H,23,25). The van der Waals surface area contributed by atoms with Crippen LogP contribution in [0.2, 0.25) is 0 Å². The van der Waals surface area contributed by atoms with Gasteiger partial charge in [0, 0.05) is 29.2 Å². The summed E-state index contributed by atoms with van der Waals surface area (Å²) in [6, 6.07) is 9.49. The molecule has 1 heterocycles. The van der Waals surface area contributed by atoms with Crippen LogP contribution in [0.3, 0.4) is 0 Å².